The molecule has 0 bridgehead atoms. The quantitative estimate of drug-likeness (QED) is 0.486. The molecule has 0 saturated heterocycles. The maximum Gasteiger partial charge on any atom is 0.136 e. The minimum Gasteiger partial charge on any atom is -0.493 e. The Hall–Kier alpha value is -3.05. The van der Waals surface area contributed by atoms with Crippen LogP contribution in [0.15, 0.2) is 73.1 Å². The molecule has 5 nitrogen and oxygen atoms in total. The van der Waals surface area contributed by atoms with Crippen LogP contribution >= 0.6 is 0 Å². The molecule has 3 aromatic rings. The first-order chi connectivity index (χ1) is 14.2. The van der Waals surface area contributed by atoms with Gasteiger partial charge in [-0.15, -0.1) is 0 Å². The van der Waals surface area contributed by atoms with Crippen LogP contribution in [0.25, 0.3) is 0 Å². The van der Waals surface area contributed by atoms with Crippen LogP contribution in [0.1, 0.15) is 36.7 Å². The number of hydrogen-bond donors (Lipinski definition) is 0. The van der Waals surface area contributed by atoms with E-state index in [1.165, 1.54) is 0 Å². The second-order valence-electron chi connectivity index (χ2n) is 6.93. The summed E-state index contributed by atoms with van der Waals surface area (Å²) in [4.78, 5) is 22.7. The van der Waals surface area contributed by atoms with Gasteiger partial charge in [-0.25, -0.2) is 0 Å². The summed E-state index contributed by atoms with van der Waals surface area (Å²) in [6, 6.07) is 20.0. The molecule has 0 aliphatic heterocycles. The highest BCUT2D eigenvalue weighted by Gasteiger charge is 2.11. The Balaban J connectivity index is 1.68. The molecule has 2 aromatic heterocycles. The molecule has 0 fully saturated rings. The number of ketones is 1. The van der Waals surface area contributed by atoms with Gasteiger partial charge in [0.05, 0.1) is 18.0 Å². The van der Waals surface area contributed by atoms with Gasteiger partial charge in [-0.2, -0.15) is 0 Å². The van der Waals surface area contributed by atoms with Crippen LogP contribution in [-0.2, 0) is 24.4 Å². The van der Waals surface area contributed by atoms with Gasteiger partial charge in [-0.3, -0.25) is 19.7 Å². The molecule has 0 unspecified atom stereocenters. The number of hydrogen-bond acceptors (Lipinski definition) is 5. The third kappa shape index (κ3) is 7.12. The number of carbonyl (C=O) groups is 1. The molecule has 0 amide bonds. The van der Waals surface area contributed by atoms with Crippen LogP contribution in [0.4, 0.5) is 0 Å². The highest BCUT2D eigenvalue weighted by molar-refractivity contribution is 5.78. The van der Waals surface area contributed by atoms with Crippen molar-refractivity contribution in [3.63, 3.8) is 0 Å². The van der Waals surface area contributed by atoms with Crippen LogP contribution in [0, 0.1) is 0 Å². The van der Waals surface area contributed by atoms with E-state index < -0.39 is 0 Å². The number of Topliss-reactive ketones (excluding diaryl/α,β-unsaturated/α-hetero) is 1. The maximum atomic E-state index is 11.5. The molecule has 0 spiro atoms. The molecule has 3 rings (SSSR count). The van der Waals surface area contributed by atoms with E-state index in [9.17, 15) is 4.79 Å². The Morgan fingerprint density at radius 3 is 2.17 bits per heavy atom. The van der Waals surface area contributed by atoms with Crippen molar-refractivity contribution in [2.75, 3.05) is 6.61 Å². The van der Waals surface area contributed by atoms with Crippen LogP contribution in [0.2, 0.25) is 0 Å². The highest BCUT2D eigenvalue weighted by atomic mass is 16.5. The number of ether oxygens (including phenoxy) is 1. The van der Waals surface area contributed by atoms with Crippen molar-refractivity contribution in [3.8, 4) is 5.75 Å². The van der Waals surface area contributed by atoms with Gasteiger partial charge in [-0.05, 0) is 42.0 Å². The molecule has 150 valence electrons. The predicted molar refractivity (Wildman–Crippen MR) is 113 cm³/mol. The number of pyridine rings is 2. The van der Waals surface area contributed by atoms with Gasteiger partial charge in [0.1, 0.15) is 11.5 Å². The van der Waals surface area contributed by atoms with Crippen LogP contribution in [-0.4, -0.2) is 27.3 Å². The van der Waals surface area contributed by atoms with E-state index in [4.69, 9.17) is 4.74 Å². The lowest BCUT2D eigenvalue weighted by Gasteiger charge is -2.22. The Labute approximate surface area is 172 Å². The fourth-order valence-corrected chi connectivity index (χ4v) is 3.06. The molecular weight excluding hydrogens is 362 g/mol. The lowest BCUT2D eigenvalue weighted by molar-refractivity contribution is -0.119. The summed E-state index contributed by atoms with van der Waals surface area (Å²) in [5.74, 6) is 1.01. The van der Waals surface area contributed by atoms with Gasteiger partial charge < -0.3 is 4.74 Å². The van der Waals surface area contributed by atoms with Crippen molar-refractivity contribution < 1.29 is 9.53 Å². The van der Waals surface area contributed by atoms with Crippen molar-refractivity contribution in [2.24, 2.45) is 0 Å². The maximum absolute atomic E-state index is 11.5. The second kappa shape index (κ2) is 11.1. The minimum absolute atomic E-state index is 0.220. The molecule has 0 aliphatic rings. The molecule has 0 N–H and O–H groups in total. The standard InChI is InChI=1S/C24H27N3O2/c1-2-23(28)12-15-29-24-11-7-8-20(16-24)17-27(18-21-9-3-5-13-25-21)19-22-10-4-6-14-26-22/h3-11,13-14,16H,2,12,15,17-19H2,1H3. The van der Waals surface area contributed by atoms with E-state index in [1.807, 2.05) is 73.9 Å². The third-order valence-corrected chi connectivity index (χ3v) is 4.57. The summed E-state index contributed by atoms with van der Waals surface area (Å²) in [5.41, 5.74) is 3.19. The number of nitrogens with zero attached hydrogens (tertiary/aromatic N) is 3. The first-order valence-electron chi connectivity index (χ1n) is 9.98. The van der Waals surface area contributed by atoms with E-state index in [-0.39, 0.29) is 5.78 Å². The number of benzene rings is 1. The monoisotopic (exact) mass is 389 g/mol. The summed E-state index contributed by atoms with van der Waals surface area (Å²) in [6.45, 7) is 4.50. The van der Waals surface area contributed by atoms with Gasteiger partial charge >= 0.3 is 0 Å². The summed E-state index contributed by atoms with van der Waals surface area (Å²) in [6.07, 6.45) is 4.65. The fourth-order valence-electron chi connectivity index (χ4n) is 3.06. The van der Waals surface area contributed by atoms with E-state index in [1.54, 1.807) is 0 Å². The smallest absolute Gasteiger partial charge is 0.136 e. The van der Waals surface area contributed by atoms with Crippen molar-refractivity contribution in [3.05, 3.63) is 90.0 Å². The molecular formula is C24H27N3O2. The van der Waals surface area contributed by atoms with Crippen LogP contribution in [0.3, 0.4) is 0 Å². The van der Waals surface area contributed by atoms with E-state index in [0.29, 0.717) is 19.4 Å². The molecule has 5 heteroatoms. The normalized spacial score (nSPS) is 10.8. The van der Waals surface area contributed by atoms with Crippen molar-refractivity contribution in [1.82, 2.24) is 14.9 Å². The van der Waals surface area contributed by atoms with Gasteiger partial charge in [-0.1, -0.05) is 31.2 Å². The van der Waals surface area contributed by atoms with E-state index in [0.717, 1.165) is 42.3 Å². The summed E-state index contributed by atoms with van der Waals surface area (Å²) in [7, 11) is 0. The molecule has 0 atom stereocenters. The fraction of sp³-hybridized carbons (Fsp3) is 0.292. The molecule has 1 aromatic carbocycles. The minimum atomic E-state index is 0.220. The van der Waals surface area contributed by atoms with E-state index in [2.05, 4.69) is 20.9 Å². The van der Waals surface area contributed by atoms with Crippen molar-refractivity contribution >= 4 is 5.78 Å². The Bertz CT molecular complexity index is 843. The predicted octanol–water partition coefficient (Wildman–Crippen LogP) is 4.43. The Morgan fingerprint density at radius 2 is 1.59 bits per heavy atom. The first kappa shape index (κ1) is 20.7. The van der Waals surface area contributed by atoms with Crippen molar-refractivity contribution in [1.29, 1.82) is 0 Å². The lowest BCUT2D eigenvalue weighted by atomic mass is 10.2. The summed E-state index contributed by atoms with van der Waals surface area (Å²) >= 11 is 0. The average Bonchev–Trinajstić information content (AvgIpc) is 2.75. The molecule has 0 saturated carbocycles. The molecule has 29 heavy (non-hydrogen) atoms. The van der Waals surface area contributed by atoms with Crippen LogP contribution < -0.4 is 4.74 Å². The summed E-state index contributed by atoms with van der Waals surface area (Å²) in [5, 5.41) is 0. The number of carbonyl (C=O) groups excluding carboxylic acids is 1. The van der Waals surface area contributed by atoms with E-state index >= 15 is 0 Å². The zero-order valence-corrected chi connectivity index (χ0v) is 16.8. The molecule has 0 aliphatic carbocycles. The number of aromatic nitrogens is 2. The zero-order chi connectivity index (χ0) is 20.3. The zero-order valence-electron chi connectivity index (χ0n) is 16.8. The van der Waals surface area contributed by atoms with Gasteiger partial charge in [0.2, 0.25) is 0 Å². The van der Waals surface area contributed by atoms with Gasteiger partial charge in [0.25, 0.3) is 0 Å². The Morgan fingerprint density at radius 1 is 0.897 bits per heavy atom. The third-order valence-electron chi connectivity index (χ3n) is 4.57. The average molecular weight is 389 g/mol. The molecule has 0 radical (unpaired) electrons. The largest absolute Gasteiger partial charge is 0.493 e. The SMILES string of the molecule is CCC(=O)CCOc1cccc(CN(Cc2ccccn2)Cc2ccccn2)c1. The highest BCUT2D eigenvalue weighted by Crippen LogP contribution is 2.17. The number of rotatable bonds is 11. The summed E-state index contributed by atoms with van der Waals surface area (Å²) < 4.78 is 5.77. The van der Waals surface area contributed by atoms with Gasteiger partial charge in [0, 0.05) is 44.9 Å². The second-order valence-corrected chi connectivity index (χ2v) is 6.93. The van der Waals surface area contributed by atoms with Crippen molar-refractivity contribution in [2.45, 2.75) is 39.4 Å². The Kier molecular flexibility index (Phi) is 7.90. The lowest BCUT2D eigenvalue weighted by Crippen LogP contribution is -2.23. The first-order valence-corrected chi connectivity index (χ1v) is 9.98. The van der Waals surface area contributed by atoms with Gasteiger partial charge in [0.15, 0.2) is 0 Å². The molecule has 2 heterocycles. The van der Waals surface area contributed by atoms with Crippen LogP contribution in [0.5, 0.6) is 5.75 Å². The topological polar surface area (TPSA) is 55.3 Å².